The zero-order valence-electron chi connectivity index (χ0n) is 11.7. The Morgan fingerprint density at radius 1 is 0.556 bits per heavy atom. The molecule has 0 N–H and O–H groups in total. The van der Waals surface area contributed by atoms with Crippen molar-refractivity contribution in [3.63, 3.8) is 0 Å². The van der Waals surface area contributed by atoms with Crippen LogP contribution in [0.25, 0.3) is 0 Å². The molecule has 0 aliphatic rings. The van der Waals surface area contributed by atoms with Crippen LogP contribution >= 0.6 is 11.6 Å². The van der Waals surface area contributed by atoms with E-state index in [1.807, 2.05) is 0 Å². The fraction of sp³-hybridized carbons (Fsp3) is 0.800. The van der Waals surface area contributed by atoms with E-state index in [0.717, 1.165) is 0 Å². The Bertz CT molecular complexity index is 570. The van der Waals surface area contributed by atoms with E-state index in [4.69, 9.17) is 0 Å². The topological polar surface area (TPSA) is 0 Å². The summed E-state index contributed by atoms with van der Waals surface area (Å²) in [6.45, 7) is 0. The number of hydrogen-bond donors (Lipinski definition) is 0. The lowest BCUT2D eigenvalue weighted by Gasteiger charge is -2.41. The van der Waals surface area contributed by atoms with Gasteiger partial charge in [0.25, 0.3) is 0 Å². The molecule has 0 aromatic rings. The molecule has 0 aliphatic carbocycles. The van der Waals surface area contributed by atoms with Crippen LogP contribution in [-0.4, -0.2) is 47.6 Å². The molecule has 17 heteroatoms. The zero-order chi connectivity index (χ0) is 22.5. The smallest absolute Gasteiger partial charge is 0.205 e. The van der Waals surface area contributed by atoms with Crippen molar-refractivity contribution >= 4 is 11.6 Å². The van der Waals surface area contributed by atoms with Crippen molar-refractivity contribution in [1.82, 2.24) is 0 Å². The number of halogens is 17. The molecule has 0 saturated carbocycles. The highest BCUT2D eigenvalue weighted by Crippen LogP contribution is 2.63. The molecule has 0 saturated heterocycles. The summed E-state index contributed by atoms with van der Waals surface area (Å²) in [5, 5.41) is 0. The minimum absolute atomic E-state index is 0.799. The largest absolute Gasteiger partial charge is 0.460 e. The minimum atomic E-state index is -8.44. The molecule has 0 heterocycles. The van der Waals surface area contributed by atoms with Crippen LogP contribution in [0.3, 0.4) is 0 Å². The summed E-state index contributed by atoms with van der Waals surface area (Å²) in [6.07, 6.45) is -8.48. The Labute approximate surface area is 142 Å². The summed E-state index contributed by atoms with van der Waals surface area (Å²) < 4.78 is 203. The molecule has 0 aliphatic heterocycles. The van der Waals surface area contributed by atoms with Crippen molar-refractivity contribution in [2.24, 2.45) is 0 Å². The van der Waals surface area contributed by atoms with E-state index in [1.54, 1.807) is 0 Å². The van der Waals surface area contributed by atoms with Crippen LogP contribution in [0.15, 0.2) is 11.9 Å². The van der Waals surface area contributed by atoms with Gasteiger partial charge in [0.15, 0.2) is 5.83 Å². The van der Waals surface area contributed by atoms with Gasteiger partial charge < -0.3 is 0 Å². The Morgan fingerprint density at radius 3 is 1.15 bits per heavy atom. The lowest BCUT2D eigenvalue weighted by Crippen LogP contribution is -2.72. The monoisotopic (exact) mass is 462 g/mol. The fourth-order valence-corrected chi connectivity index (χ4v) is 1.45. The average Bonchev–Trinajstić information content (AvgIpc) is 2.45. The Morgan fingerprint density at radius 2 is 0.852 bits per heavy atom. The normalized spacial score (nSPS) is 16.7. The first-order valence-electron chi connectivity index (χ1n) is 5.74. The van der Waals surface area contributed by atoms with E-state index in [9.17, 15) is 70.2 Å². The summed E-state index contributed by atoms with van der Waals surface area (Å²) in [5.41, 5.74) is 0. The lowest BCUT2D eigenvalue weighted by atomic mass is 9.90. The van der Waals surface area contributed by atoms with Crippen molar-refractivity contribution in [3.05, 3.63) is 11.9 Å². The second-order valence-electron chi connectivity index (χ2n) is 4.65. The summed E-state index contributed by atoms with van der Waals surface area (Å²) in [7, 11) is 0. The van der Waals surface area contributed by atoms with Gasteiger partial charge in [-0.15, -0.1) is 11.6 Å². The maximum absolute atomic E-state index is 13.1. The van der Waals surface area contributed by atoms with E-state index < -0.39 is 59.5 Å². The predicted octanol–water partition coefficient (Wildman–Crippen LogP) is 6.45. The second-order valence-corrected chi connectivity index (χ2v) is 4.96. The molecule has 0 rings (SSSR count). The highest BCUT2D eigenvalue weighted by Gasteiger charge is 2.93. The summed E-state index contributed by atoms with van der Waals surface area (Å²) in [4.78, 5) is 0. The quantitative estimate of drug-likeness (QED) is 0.301. The van der Waals surface area contributed by atoms with Gasteiger partial charge in [-0.1, -0.05) is 0 Å². The number of rotatable bonds is 7. The minimum Gasteiger partial charge on any atom is -0.205 e. The van der Waals surface area contributed by atoms with Crippen molar-refractivity contribution in [1.29, 1.82) is 0 Å². The molecule has 0 atom stereocenters. The van der Waals surface area contributed by atoms with Crippen LogP contribution < -0.4 is 0 Å². The third-order valence-electron chi connectivity index (χ3n) is 2.88. The molecular formula is C10H3ClF16. The third-order valence-corrected chi connectivity index (χ3v) is 3.04. The summed E-state index contributed by atoms with van der Waals surface area (Å²) in [6, 6.07) is 0. The van der Waals surface area contributed by atoms with Gasteiger partial charge in [-0.3, -0.25) is 0 Å². The Balaban J connectivity index is 6.60. The van der Waals surface area contributed by atoms with E-state index in [-0.39, 0.29) is 0 Å². The van der Waals surface area contributed by atoms with Crippen LogP contribution in [0.2, 0.25) is 0 Å². The van der Waals surface area contributed by atoms with Gasteiger partial charge in [0.1, 0.15) is 0 Å². The first-order valence-corrected chi connectivity index (χ1v) is 6.27. The Kier molecular flexibility index (Phi) is 6.48. The van der Waals surface area contributed by atoms with Gasteiger partial charge in [-0.25, -0.2) is 4.39 Å². The maximum atomic E-state index is 13.1. The van der Waals surface area contributed by atoms with Gasteiger partial charge in [0.2, 0.25) is 0 Å². The van der Waals surface area contributed by atoms with Gasteiger partial charge in [-0.2, -0.15) is 65.9 Å². The number of allylic oxidation sites excluding steroid dienone is 2. The van der Waals surface area contributed by atoms with E-state index in [1.165, 1.54) is 0 Å². The van der Waals surface area contributed by atoms with Crippen LogP contribution in [0.1, 0.15) is 0 Å². The van der Waals surface area contributed by atoms with Crippen LogP contribution in [0, 0.1) is 0 Å². The predicted molar refractivity (Wildman–Crippen MR) is 55.6 cm³/mol. The van der Waals surface area contributed by atoms with E-state index in [0.29, 0.717) is 0 Å². The molecule has 0 spiro atoms. The van der Waals surface area contributed by atoms with Crippen LogP contribution in [-0.2, 0) is 0 Å². The molecule has 0 fully saturated rings. The van der Waals surface area contributed by atoms with E-state index >= 15 is 0 Å². The molecule has 162 valence electrons. The van der Waals surface area contributed by atoms with Gasteiger partial charge in [-0.05, 0) is 6.08 Å². The van der Waals surface area contributed by atoms with Crippen molar-refractivity contribution in [3.8, 4) is 0 Å². The maximum Gasteiger partial charge on any atom is 0.460 e. The van der Waals surface area contributed by atoms with Crippen molar-refractivity contribution in [2.75, 3.05) is 5.88 Å². The number of hydrogen-bond acceptors (Lipinski definition) is 0. The van der Waals surface area contributed by atoms with Crippen molar-refractivity contribution in [2.45, 2.75) is 41.7 Å². The van der Waals surface area contributed by atoms with Gasteiger partial charge >= 0.3 is 41.7 Å². The molecule has 27 heavy (non-hydrogen) atoms. The third kappa shape index (κ3) is 3.41. The molecule has 0 aromatic carbocycles. The first-order chi connectivity index (χ1) is 11.5. The standard InChI is InChI=1S/C10H3ClF16/c11-2-1-3(12)4(13,14)5(15,16)6(17,18)7(19,20)8(21,22)9(23,24)10(25,26)27/h1H,2H2/b3-1-. The fourth-order valence-electron chi connectivity index (χ4n) is 1.31. The van der Waals surface area contributed by atoms with E-state index in [2.05, 4.69) is 11.6 Å². The molecular weight excluding hydrogens is 460 g/mol. The molecule has 0 nitrogen and oxygen atoms in total. The number of alkyl halides is 16. The molecule has 0 amide bonds. The van der Waals surface area contributed by atoms with Crippen LogP contribution in [0.5, 0.6) is 0 Å². The van der Waals surface area contributed by atoms with Gasteiger partial charge in [0.05, 0.1) is 0 Å². The zero-order valence-corrected chi connectivity index (χ0v) is 12.5. The van der Waals surface area contributed by atoms with Crippen molar-refractivity contribution < 1.29 is 70.2 Å². The summed E-state index contributed by atoms with van der Waals surface area (Å²) in [5.74, 6) is -53.2. The van der Waals surface area contributed by atoms with Gasteiger partial charge in [0, 0.05) is 5.88 Å². The second kappa shape index (κ2) is 6.76. The molecule has 0 unspecified atom stereocenters. The first kappa shape index (κ1) is 25.9. The van der Waals surface area contributed by atoms with Crippen LogP contribution in [0.4, 0.5) is 70.2 Å². The highest BCUT2D eigenvalue weighted by atomic mass is 35.5. The molecule has 0 aromatic heterocycles. The lowest BCUT2D eigenvalue weighted by molar-refractivity contribution is -0.450. The molecule has 0 bridgehead atoms. The molecule has 0 radical (unpaired) electrons. The SMILES string of the molecule is F/C(=C\CCl)C(F)(F)C(F)(F)C(F)(F)C(F)(F)C(F)(F)C(F)(F)C(F)(F)F. The summed E-state index contributed by atoms with van der Waals surface area (Å²) >= 11 is 4.56. The average molecular weight is 463 g/mol. The Hall–Kier alpha value is -1.09. The highest BCUT2D eigenvalue weighted by molar-refractivity contribution is 6.18.